The fourth-order valence-electron chi connectivity index (χ4n) is 4.24. The van der Waals surface area contributed by atoms with E-state index in [-0.39, 0.29) is 12.0 Å². The maximum atomic E-state index is 12.8. The van der Waals surface area contributed by atoms with E-state index in [4.69, 9.17) is 5.11 Å². The van der Waals surface area contributed by atoms with Crippen LogP contribution in [-0.4, -0.2) is 27.2 Å². The molecule has 147 valence electrons. The highest BCUT2D eigenvalue weighted by Gasteiger charge is 2.50. The summed E-state index contributed by atoms with van der Waals surface area (Å²) in [5.74, 6) is -0.791. The van der Waals surface area contributed by atoms with Crippen LogP contribution < -0.4 is 0 Å². The van der Waals surface area contributed by atoms with Crippen molar-refractivity contribution in [2.24, 2.45) is 0 Å². The number of hydrogen-bond donors (Lipinski definition) is 1. The van der Waals surface area contributed by atoms with E-state index >= 15 is 0 Å². The minimum Gasteiger partial charge on any atom is -0.481 e. The van der Waals surface area contributed by atoms with Crippen LogP contribution in [-0.2, 0) is 10.0 Å². The molecule has 0 aliphatic carbocycles. The normalized spacial score (nSPS) is 23.2. The van der Waals surface area contributed by atoms with Crippen LogP contribution in [0.15, 0.2) is 0 Å². The number of hydroxylamine groups is 2. The summed E-state index contributed by atoms with van der Waals surface area (Å²) >= 11 is 0. The van der Waals surface area contributed by atoms with Gasteiger partial charge in [-0.3, -0.25) is 4.79 Å². The lowest BCUT2D eigenvalue weighted by Gasteiger charge is -2.37. The highest BCUT2D eigenvalue weighted by molar-refractivity contribution is 5.66. The van der Waals surface area contributed by atoms with Crippen molar-refractivity contribution in [2.45, 2.75) is 128 Å². The standard InChI is InChI=1S/C21H40NO3/c1-4-5-6-7-8-9-10-11-12-13-15-21(16-14-19(23)24)18-17-20(2,3)22(21)25/h4-18H2,1-3H3,(H,23,24). The molecule has 1 fully saturated rings. The van der Waals surface area contributed by atoms with E-state index in [2.05, 4.69) is 6.92 Å². The molecule has 1 N–H and O–H groups in total. The first-order valence-electron chi connectivity index (χ1n) is 10.5. The molecule has 0 spiro atoms. The smallest absolute Gasteiger partial charge is 0.303 e. The third-order valence-corrected chi connectivity index (χ3v) is 5.98. The first-order valence-corrected chi connectivity index (χ1v) is 10.5. The van der Waals surface area contributed by atoms with Gasteiger partial charge in [-0.05, 0) is 39.5 Å². The Balaban J connectivity index is 2.27. The van der Waals surface area contributed by atoms with Crippen LogP contribution in [0.1, 0.15) is 117 Å². The highest BCUT2D eigenvalue weighted by Crippen LogP contribution is 2.45. The molecule has 0 amide bonds. The molecule has 1 aliphatic heterocycles. The Kier molecular flexibility index (Phi) is 10.0. The van der Waals surface area contributed by atoms with Crippen molar-refractivity contribution in [1.29, 1.82) is 0 Å². The molecule has 1 radical (unpaired) electrons. The Hall–Kier alpha value is -0.610. The van der Waals surface area contributed by atoms with Gasteiger partial charge in [0.05, 0.1) is 5.54 Å². The van der Waals surface area contributed by atoms with Crippen molar-refractivity contribution in [1.82, 2.24) is 5.06 Å². The topological polar surface area (TPSA) is 60.4 Å². The molecule has 4 nitrogen and oxygen atoms in total. The molecule has 1 heterocycles. The molecule has 0 aromatic heterocycles. The molecule has 1 rings (SSSR count). The minimum atomic E-state index is -0.791. The molecule has 0 saturated carbocycles. The number of rotatable bonds is 14. The van der Waals surface area contributed by atoms with Gasteiger partial charge in [-0.25, -0.2) is 0 Å². The number of carbonyl (C=O) groups is 1. The molecular weight excluding hydrogens is 314 g/mol. The lowest BCUT2D eigenvalue weighted by molar-refractivity contribution is -0.256. The van der Waals surface area contributed by atoms with E-state index in [9.17, 15) is 10.0 Å². The van der Waals surface area contributed by atoms with Gasteiger partial charge in [0.2, 0.25) is 0 Å². The molecule has 0 aromatic rings. The Morgan fingerprint density at radius 3 is 1.84 bits per heavy atom. The maximum absolute atomic E-state index is 12.8. The summed E-state index contributed by atoms with van der Waals surface area (Å²) in [6, 6.07) is 0. The summed E-state index contributed by atoms with van der Waals surface area (Å²) in [7, 11) is 0. The van der Waals surface area contributed by atoms with Crippen molar-refractivity contribution < 1.29 is 15.1 Å². The van der Waals surface area contributed by atoms with Crippen LogP contribution in [0.4, 0.5) is 0 Å². The summed E-state index contributed by atoms with van der Waals surface area (Å²) in [5, 5.41) is 23.1. The van der Waals surface area contributed by atoms with Crippen LogP contribution in [0.3, 0.4) is 0 Å². The zero-order valence-electron chi connectivity index (χ0n) is 16.8. The molecule has 1 aliphatic rings. The number of carboxylic acid groups (broad SMARTS) is 1. The second-order valence-electron chi connectivity index (χ2n) is 8.66. The zero-order chi connectivity index (χ0) is 18.8. The van der Waals surface area contributed by atoms with Crippen molar-refractivity contribution in [3.63, 3.8) is 0 Å². The van der Waals surface area contributed by atoms with E-state index in [0.29, 0.717) is 6.42 Å². The number of hydrogen-bond acceptors (Lipinski definition) is 2. The van der Waals surface area contributed by atoms with Gasteiger partial charge in [0.1, 0.15) is 0 Å². The van der Waals surface area contributed by atoms with Crippen LogP contribution in [0.5, 0.6) is 0 Å². The van der Waals surface area contributed by atoms with Crippen molar-refractivity contribution in [3.05, 3.63) is 0 Å². The van der Waals surface area contributed by atoms with E-state index < -0.39 is 11.5 Å². The first-order chi connectivity index (χ1) is 11.8. The largest absolute Gasteiger partial charge is 0.481 e. The SMILES string of the molecule is CCCCCCCCCCCCC1(CCC(=O)O)CCC(C)(C)N1[O]. The van der Waals surface area contributed by atoms with Gasteiger partial charge in [0, 0.05) is 12.0 Å². The fourth-order valence-corrected chi connectivity index (χ4v) is 4.24. The quantitative estimate of drug-likeness (QED) is 0.382. The Bertz CT molecular complexity index is 383. The first kappa shape index (κ1) is 22.4. The number of carboxylic acids is 1. The highest BCUT2D eigenvalue weighted by atomic mass is 16.5. The third kappa shape index (κ3) is 7.65. The average molecular weight is 355 g/mol. The van der Waals surface area contributed by atoms with Crippen LogP contribution in [0.25, 0.3) is 0 Å². The van der Waals surface area contributed by atoms with Crippen LogP contribution >= 0.6 is 0 Å². The molecule has 0 aromatic carbocycles. The summed E-state index contributed by atoms with van der Waals surface area (Å²) < 4.78 is 0. The van der Waals surface area contributed by atoms with E-state index in [0.717, 1.165) is 32.1 Å². The van der Waals surface area contributed by atoms with Gasteiger partial charge in [-0.1, -0.05) is 71.1 Å². The van der Waals surface area contributed by atoms with Gasteiger partial charge in [0.15, 0.2) is 0 Å². The van der Waals surface area contributed by atoms with Crippen molar-refractivity contribution in [3.8, 4) is 0 Å². The van der Waals surface area contributed by atoms with Crippen molar-refractivity contribution in [2.75, 3.05) is 0 Å². The van der Waals surface area contributed by atoms with E-state index in [1.807, 2.05) is 13.8 Å². The monoisotopic (exact) mass is 354 g/mol. The Morgan fingerprint density at radius 1 is 0.880 bits per heavy atom. The second kappa shape index (κ2) is 11.2. The number of nitrogens with zero attached hydrogens (tertiary/aromatic N) is 1. The second-order valence-corrected chi connectivity index (χ2v) is 8.66. The van der Waals surface area contributed by atoms with E-state index in [1.54, 1.807) is 0 Å². The molecule has 0 bridgehead atoms. The van der Waals surface area contributed by atoms with Gasteiger partial charge in [-0.2, -0.15) is 0 Å². The predicted octanol–water partition coefficient (Wildman–Crippen LogP) is 6.12. The van der Waals surface area contributed by atoms with Crippen LogP contribution in [0, 0.1) is 0 Å². The lowest BCUT2D eigenvalue weighted by atomic mass is 9.85. The molecule has 1 atom stereocenters. The fraction of sp³-hybridized carbons (Fsp3) is 0.952. The van der Waals surface area contributed by atoms with Gasteiger partial charge < -0.3 is 5.11 Å². The van der Waals surface area contributed by atoms with E-state index in [1.165, 1.54) is 56.4 Å². The molecule has 4 heteroatoms. The Labute approximate surface area is 154 Å². The molecular formula is C21H40NO3. The van der Waals surface area contributed by atoms with Gasteiger partial charge >= 0.3 is 5.97 Å². The zero-order valence-corrected chi connectivity index (χ0v) is 16.8. The third-order valence-electron chi connectivity index (χ3n) is 5.98. The summed E-state index contributed by atoms with van der Waals surface area (Å²) in [6.45, 7) is 6.22. The van der Waals surface area contributed by atoms with Crippen LogP contribution in [0.2, 0.25) is 0 Å². The summed E-state index contributed by atoms with van der Waals surface area (Å²) in [4.78, 5) is 11.0. The van der Waals surface area contributed by atoms with Gasteiger partial charge in [0.25, 0.3) is 0 Å². The maximum Gasteiger partial charge on any atom is 0.303 e. The average Bonchev–Trinajstić information content (AvgIpc) is 2.79. The minimum absolute atomic E-state index is 0.104. The van der Waals surface area contributed by atoms with Gasteiger partial charge in [-0.15, -0.1) is 10.3 Å². The predicted molar refractivity (Wildman–Crippen MR) is 102 cm³/mol. The molecule has 1 unspecified atom stereocenters. The number of aliphatic carboxylic acids is 1. The Morgan fingerprint density at radius 2 is 1.40 bits per heavy atom. The van der Waals surface area contributed by atoms with Crippen molar-refractivity contribution >= 4 is 5.97 Å². The summed E-state index contributed by atoms with van der Waals surface area (Å²) in [5.41, 5.74) is -0.793. The molecule has 25 heavy (non-hydrogen) atoms. The lowest BCUT2D eigenvalue weighted by Crippen LogP contribution is -2.48. The summed E-state index contributed by atoms with van der Waals surface area (Å²) in [6.07, 6.45) is 16.0. The molecule has 1 saturated heterocycles. The number of unbranched alkanes of at least 4 members (excludes halogenated alkanes) is 9.